The maximum atomic E-state index is 13.1. The molecule has 4 aliphatic carbocycles. The van der Waals surface area contributed by atoms with E-state index in [1.54, 1.807) is 0 Å². The number of ether oxygens (including phenoxy) is 1. The van der Waals surface area contributed by atoms with Crippen LogP contribution in [0.25, 0.3) is 0 Å². The Kier molecular flexibility index (Phi) is 3.90. The molecule has 0 bridgehead atoms. The third-order valence-electron chi connectivity index (χ3n) is 8.46. The van der Waals surface area contributed by atoms with Crippen molar-refractivity contribution in [3.63, 3.8) is 0 Å². The minimum Gasteiger partial charge on any atom is -0.463 e. The molecule has 4 saturated carbocycles. The van der Waals surface area contributed by atoms with Crippen molar-refractivity contribution < 1.29 is 19.1 Å². The van der Waals surface area contributed by atoms with Crippen LogP contribution in [0.3, 0.4) is 0 Å². The van der Waals surface area contributed by atoms with Gasteiger partial charge in [0.05, 0.1) is 0 Å². The Morgan fingerprint density at radius 2 is 1.84 bits per heavy atom. The first-order valence-electron chi connectivity index (χ1n) is 9.99. The van der Waals surface area contributed by atoms with Crippen LogP contribution in [-0.2, 0) is 19.1 Å². The lowest BCUT2D eigenvalue weighted by Gasteiger charge is -2.59. The summed E-state index contributed by atoms with van der Waals surface area (Å²) < 4.78 is 5.46. The molecule has 0 N–H and O–H groups in total. The maximum absolute atomic E-state index is 13.1. The number of rotatable bonds is 1. The van der Waals surface area contributed by atoms with Crippen LogP contribution in [-0.4, -0.2) is 23.6 Å². The lowest BCUT2D eigenvalue weighted by Crippen LogP contribution is -2.57. The van der Waals surface area contributed by atoms with E-state index in [9.17, 15) is 14.4 Å². The first-order chi connectivity index (χ1) is 11.8. The third kappa shape index (κ3) is 2.43. The highest BCUT2D eigenvalue weighted by Crippen LogP contribution is 2.64. The highest BCUT2D eigenvalue weighted by Gasteiger charge is 2.62. The fraction of sp³-hybridized carbons (Fsp3) is 0.857. The second-order valence-corrected chi connectivity index (χ2v) is 9.54. The number of Topliss-reactive ketones (excluding diaryl/α,β-unsaturated/α-hetero) is 2. The Balaban J connectivity index is 1.60. The summed E-state index contributed by atoms with van der Waals surface area (Å²) in [6, 6.07) is 0. The van der Waals surface area contributed by atoms with E-state index in [1.165, 1.54) is 6.92 Å². The van der Waals surface area contributed by atoms with Crippen LogP contribution in [0.15, 0.2) is 0 Å². The van der Waals surface area contributed by atoms with Crippen LogP contribution in [0.4, 0.5) is 0 Å². The predicted octanol–water partition coefficient (Wildman–Crippen LogP) is 3.71. The number of carbonyl (C=O) groups is 3. The second-order valence-electron chi connectivity index (χ2n) is 9.54. The summed E-state index contributed by atoms with van der Waals surface area (Å²) in [4.78, 5) is 36.9. The van der Waals surface area contributed by atoms with Crippen LogP contribution in [0.2, 0.25) is 0 Å². The zero-order valence-corrected chi connectivity index (χ0v) is 15.7. The van der Waals surface area contributed by atoms with E-state index < -0.39 is 0 Å². The zero-order valence-electron chi connectivity index (χ0n) is 15.7. The van der Waals surface area contributed by atoms with Crippen LogP contribution in [0.1, 0.15) is 72.1 Å². The topological polar surface area (TPSA) is 60.4 Å². The second kappa shape index (κ2) is 5.65. The van der Waals surface area contributed by atoms with Gasteiger partial charge in [0.25, 0.3) is 0 Å². The van der Waals surface area contributed by atoms with Crippen molar-refractivity contribution in [1.82, 2.24) is 0 Å². The Labute approximate surface area is 150 Å². The molecule has 4 nitrogen and oxygen atoms in total. The number of ketones is 2. The first kappa shape index (κ1) is 17.2. The van der Waals surface area contributed by atoms with Crippen molar-refractivity contribution in [2.24, 2.45) is 34.5 Å². The monoisotopic (exact) mass is 346 g/mol. The normalized spacial score (nSPS) is 49.2. The van der Waals surface area contributed by atoms with Gasteiger partial charge in [-0.1, -0.05) is 13.8 Å². The average molecular weight is 346 g/mol. The van der Waals surface area contributed by atoms with Gasteiger partial charge in [-0.05, 0) is 61.7 Å². The molecule has 0 aromatic rings. The maximum Gasteiger partial charge on any atom is 0.302 e. The molecule has 0 amide bonds. The van der Waals surface area contributed by atoms with Gasteiger partial charge in [-0.15, -0.1) is 0 Å². The predicted molar refractivity (Wildman–Crippen MR) is 92.7 cm³/mol. The molecule has 138 valence electrons. The van der Waals surface area contributed by atoms with Crippen molar-refractivity contribution in [3.8, 4) is 0 Å². The molecule has 4 heteroatoms. The van der Waals surface area contributed by atoms with Gasteiger partial charge in [-0.3, -0.25) is 14.4 Å². The highest BCUT2D eigenvalue weighted by molar-refractivity contribution is 5.90. The molecule has 4 rings (SSSR count). The molecule has 4 fully saturated rings. The summed E-state index contributed by atoms with van der Waals surface area (Å²) in [5.41, 5.74) is -0.100. The molecule has 0 aromatic heterocycles. The Bertz CT molecular complexity index is 625. The van der Waals surface area contributed by atoms with Crippen LogP contribution in [0.5, 0.6) is 0 Å². The molecule has 0 spiro atoms. The standard InChI is InChI=1S/C21H30O4/c1-12(22)25-14-6-8-20(2)13(10-14)11-17(23)19-15-4-5-18(24)21(15,3)9-7-16(19)20/h13-16,19H,4-11H2,1-3H3/t13-,14+,15+,16+,19+,20+,21+/m1/s1. The Hall–Kier alpha value is -1.19. The first-order valence-corrected chi connectivity index (χ1v) is 9.99. The van der Waals surface area contributed by atoms with E-state index in [0.29, 0.717) is 36.2 Å². The highest BCUT2D eigenvalue weighted by atomic mass is 16.5. The van der Waals surface area contributed by atoms with Gasteiger partial charge in [0, 0.05) is 31.1 Å². The summed E-state index contributed by atoms with van der Waals surface area (Å²) >= 11 is 0. The zero-order chi connectivity index (χ0) is 18.0. The molecule has 0 heterocycles. The third-order valence-corrected chi connectivity index (χ3v) is 8.46. The molecule has 0 aromatic carbocycles. The summed E-state index contributed by atoms with van der Waals surface area (Å²) in [5.74, 6) is 1.61. The van der Waals surface area contributed by atoms with Crippen molar-refractivity contribution >= 4 is 17.5 Å². The molecule has 0 radical (unpaired) electrons. The van der Waals surface area contributed by atoms with E-state index >= 15 is 0 Å². The molecule has 0 aliphatic heterocycles. The summed E-state index contributed by atoms with van der Waals surface area (Å²) in [5, 5.41) is 0. The van der Waals surface area contributed by atoms with Gasteiger partial charge < -0.3 is 4.74 Å². The fourth-order valence-electron chi connectivity index (χ4n) is 7.01. The van der Waals surface area contributed by atoms with E-state index in [0.717, 1.165) is 38.5 Å². The lowest BCUT2D eigenvalue weighted by molar-refractivity contribution is -0.166. The molecule has 25 heavy (non-hydrogen) atoms. The molecule has 7 atom stereocenters. The van der Waals surface area contributed by atoms with Gasteiger partial charge in [0.15, 0.2) is 0 Å². The molecule has 4 aliphatic rings. The Morgan fingerprint density at radius 1 is 1.08 bits per heavy atom. The van der Waals surface area contributed by atoms with E-state index in [2.05, 4.69) is 13.8 Å². The number of hydrogen-bond acceptors (Lipinski definition) is 4. The molecule has 0 unspecified atom stereocenters. The fourth-order valence-corrected chi connectivity index (χ4v) is 7.01. The lowest BCUT2D eigenvalue weighted by atomic mass is 9.45. The van der Waals surface area contributed by atoms with Gasteiger partial charge in [-0.2, -0.15) is 0 Å². The van der Waals surface area contributed by atoms with Crippen molar-refractivity contribution in [3.05, 3.63) is 0 Å². The number of hydrogen-bond donors (Lipinski definition) is 0. The number of esters is 1. The number of carbonyl (C=O) groups excluding carboxylic acids is 3. The molecule has 0 saturated heterocycles. The van der Waals surface area contributed by atoms with Gasteiger partial charge >= 0.3 is 5.97 Å². The van der Waals surface area contributed by atoms with E-state index in [-0.39, 0.29) is 34.7 Å². The van der Waals surface area contributed by atoms with Crippen LogP contribution < -0.4 is 0 Å². The van der Waals surface area contributed by atoms with E-state index in [1.807, 2.05) is 0 Å². The number of fused-ring (bicyclic) bond motifs is 5. The minimum atomic E-state index is -0.255. The van der Waals surface area contributed by atoms with E-state index in [4.69, 9.17) is 4.74 Å². The summed E-state index contributed by atoms with van der Waals surface area (Å²) in [7, 11) is 0. The van der Waals surface area contributed by atoms with Gasteiger partial charge in [0.1, 0.15) is 17.7 Å². The van der Waals surface area contributed by atoms with Gasteiger partial charge in [0.2, 0.25) is 0 Å². The van der Waals surface area contributed by atoms with Crippen molar-refractivity contribution in [1.29, 1.82) is 0 Å². The summed E-state index contributed by atoms with van der Waals surface area (Å²) in [6.45, 7) is 5.95. The quantitative estimate of drug-likeness (QED) is 0.679. The minimum absolute atomic E-state index is 0.0261. The smallest absolute Gasteiger partial charge is 0.302 e. The average Bonchev–Trinajstić information content (AvgIpc) is 2.84. The summed E-state index contributed by atoms with van der Waals surface area (Å²) in [6.07, 6.45) is 6.85. The Morgan fingerprint density at radius 3 is 2.56 bits per heavy atom. The molecular formula is C21H30O4. The van der Waals surface area contributed by atoms with Gasteiger partial charge in [-0.25, -0.2) is 0 Å². The SMILES string of the molecule is CC(=O)O[C@H]1CC[C@@]2(C)[C@@H](CC(=O)[C@@H]3[C@@H]2CC[C@]2(C)C(=O)CC[C@@H]32)C1. The van der Waals surface area contributed by atoms with Crippen molar-refractivity contribution in [2.75, 3.05) is 0 Å². The largest absolute Gasteiger partial charge is 0.463 e. The molecular weight excluding hydrogens is 316 g/mol. The van der Waals surface area contributed by atoms with Crippen molar-refractivity contribution in [2.45, 2.75) is 78.2 Å². The van der Waals surface area contributed by atoms with Crippen LogP contribution >= 0.6 is 0 Å². The van der Waals surface area contributed by atoms with Crippen LogP contribution in [0, 0.1) is 34.5 Å².